The monoisotopic (exact) mass is 394 g/mol. The first-order valence-corrected chi connectivity index (χ1v) is 7.92. The second-order valence-corrected chi connectivity index (χ2v) is 6.77. The lowest BCUT2D eigenvalue weighted by atomic mass is 10.00. The van der Waals surface area contributed by atoms with Gasteiger partial charge < -0.3 is 4.74 Å². The molecule has 3 rings (SSSR count). The molecule has 1 aliphatic heterocycles. The van der Waals surface area contributed by atoms with Gasteiger partial charge in [0.2, 0.25) is 0 Å². The fourth-order valence-electron chi connectivity index (χ4n) is 2.41. The van der Waals surface area contributed by atoms with Crippen LogP contribution in [0.25, 0.3) is 0 Å². The molecule has 0 aliphatic carbocycles. The van der Waals surface area contributed by atoms with Gasteiger partial charge in [0.15, 0.2) is 5.78 Å². The molecule has 102 valence electrons. The highest BCUT2D eigenvalue weighted by Gasteiger charge is 2.21. The Labute approximate surface area is 134 Å². The van der Waals surface area contributed by atoms with E-state index in [1.165, 1.54) is 0 Å². The number of ether oxygens (including phenoxy) is 1. The van der Waals surface area contributed by atoms with Crippen LogP contribution in [-0.2, 0) is 6.42 Å². The topological polar surface area (TPSA) is 26.3 Å². The maximum absolute atomic E-state index is 12.5. The summed E-state index contributed by atoms with van der Waals surface area (Å²) in [6.45, 7) is 2.03. The van der Waals surface area contributed by atoms with Crippen LogP contribution in [-0.4, -0.2) is 11.9 Å². The zero-order chi connectivity index (χ0) is 14.3. The Hall–Kier alpha value is -1.13. The van der Waals surface area contributed by atoms with Gasteiger partial charge in [0.05, 0.1) is 0 Å². The van der Waals surface area contributed by atoms with E-state index in [1.54, 1.807) is 0 Å². The van der Waals surface area contributed by atoms with E-state index in [1.807, 2.05) is 43.3 Å². The first-order chi connectivity index (χ1) is 9.52. The number of ketones is 1. The van der Waals surface area contributed by atoms with Crippen LogP contribution < -0.4 is 4.74 Å². The fourth-order valence-corrected chi connectivity index (χ4v) is 3.71. The number of rotatable bonds is 2. The number of fused-ring (bicyclic) bond motifs is 1. The Morgan fingerprint density at radius 2 is 1.80 bits per heavy atom. The number of carbonyl (C=O) groups excluding carboxylic acids is 1. The Morgan fingerprint density at radius 1 is 1.10 bits per heavy atom. The second kappa shape index (κ2) is 5.34. The SMILES string of the molecule is CC1Cc2cc(C(=O)c3cc(Br)cc(Br)c3)ccc2O1. The summed E-state index contributed by atoms with van der Waals surface area (Å²) in [5.74, 6) is 0.916. The maximum atomic E-state index is 12.5. The van der Waals surface area contributed by atoms with E-state index in [0.717, 1.165) is 26.7 Å². The fraction of sp³-hybridized carbons (Fsp3) is 0.188. The molecule has 2 nitrogen and oxygen atoms in total. The third-order valence-electron chi connectivity index (χ3n) is 3.28. The van der Waals surface area contributed by atoms with Gasteiger partial charge in [-0.3, -0.25) is 4.79 Å². The van der Waals surface area contributed by atoms with Gasteiger partial charge in [-0.25, -0.2) is 0 Å². The Bertz CT molecular complexity index is 675. The molecule has 20 heavy (non-hydrogen) atoms. The molecule has 0 radical (unpaired) electrons. The van der Waals surface area contributed by atoms with Crippen LogP contribution in [0.3, 0.4) is 0 Å². The predicted octanol–water partition coefficient (Wildman–Crippen LogP) is 4.77. The van der Waals surface area contributed by atoms with Crippen molar-refractivity contribution >= 4 is 37.6 Å². The van der Waals surface area contributed by atoms with E-state index in [4.69, 9.17) is 4.74 Å². The van der Waals surface area contributed by atoms with Crippen LogP contribution >= 0.6 is 31.9 Å². The molecule has 2 aromatic rings. The number of hydrogen-bond acceptors (Lipinski definition) is 2. The van der Waals surface area contributed by atoms with Gasteiger partial charge in [-0.15, -0.1) is 0 Å². The lowest BCUT2D eigenvalue weighted by Crippen LogP contribution is -2.05. The van der Waals surface area contributed by atoms with Crippen molar-refractivity contribution in [3.05, 3.63) is 62.0 Å². The van der Waals surface area contributed by atoms with Crippen LogP contribution in [0.5, 0.6) is 5.75 Å². The van der Waals surface area contributed by atoms with Gasteiger partial charge in [0, 0.05) is 26.5 Å². The molecule has 0 fully saturated rings. The van der Waals surface area contributed by atoms with E-state index in [-0.39, 0.29) is 11.9 Å². The van der Waals surface area contributed by atoms with Crippen molar-refractivity contribution < 1.29 is 9.53 Å². The van der Waals surface area contributed by atoms with Gasteiger partial charge in [-0.05, 0) is 48.9 Å². The molecule has 1 atom stereocenters. The quantitative estimate of drug-likeness (QED) is 0.685. The van der Waals surface area contributed by atoms with Gasteiger partial charge in [-0.2, -0.15) is 0 Å². The van der Waals surface area contributed by atoms with Crippen molar-refractivity contribution in [3.8, 4) is 5.75 Å². The molecule has 2 aromatic carbocycles. The average Bonchev–Trinajstić information content (AvgIpc) is 2.75. The van der Waals surface area contributed by atoms with Crippen molar-refractivity contribution in [1.29, 1.82) is 0 Å². The van der Waals surface area contributed by atoms with Crippen molar-refractivity contribution in [1.82, 2.24) is 0 Å². The minimum atomic E-state index is 0.0225. The van der Waals surface area contributed by atoms with E-state index >= 15 is 0 Å². The highest BCUT2D eigenvalue weighted by molar-refractivity contribution is 9.11. The summed E-state index contributed by atoms with van der Waals surface area (Å²) >= 11 is 6.82. The normalized spacial score (nSPS) is 16.6. The molecule has 0 N–H and O–H groups in total. The van der Waals surface area contributed by atoms with Crippen LogP contribution in [0, 0.1) is 0 Å². The van der Waals surface area contributed by atoms with E-state index in [2.05, 4.69) is 31.9 Å². The Balaban J connectivity index is 1.97. The summed E-state index contributed by atoms with van der Waals surface area (Å²) in [5, 5.41) is 0. The first kappa shape index (κ1) is 13.8. The number of halogens is 2. The minimum Gasteiger partial charge on any atom is -0.490 e. The zero-order valence-electron chi connectivity index (χ0n) is 10.8. The van der Waals surface area contributed by atoms with E-state index < -0.39 is 0 Å². The molecular weight excluding hydrogens is 384 g/mol. The number of carbonyl (C=O) groups is 1. The third kappa shape index (κ3) is 2.67. The molecule has 0 aromatic heterocycles. The van der Waals surface area contributed by atoms with E-state index in [0.29, 0.717) is 11.1 Å². The molecule has 0 spiro atoms. The van der Waals surface area contributed by atoms with Crippen LogP contribution in [0.4, 0.5) is 0 Å². The second-order valence-electron chi connectivity index (χ2n) is 4.94. The van der Waals surface area contributed by atoms with Gasteiger partial charge in [-0.1, -0.05) is 31.9 Å². The summed E-state index contributed by atoms with van der Waals surface area (Å²) in [5.41, 5.74) is 2.47. The van der Waals surface area contributed by atoms with Crippen molar-refractivity contribution in [2.75, 3.05) is 0 Å². The molecule has 0 saturated carbocycles. The standard InChI is InChI=1S/C16H12Br2O2/c1-9-4-11-5-10(2-3-15(11)20-9)16(19)12-6-13(17)8-14(18)7-12/h2-3,5-9H,4H2,1H3. The lowest BCUT2D eigenvalue weighted by Gasteiger charge is -2.05. The highest BCUT2D eigenvalue weighted by Crippen LogP contribution is 2.30. The highest BCUT2D eigenvalue weighted by atomic mass is 79.9. The maximum Gasteiger partial charge on any atom is 0.193 e. The largest absolute Gasteiger partial charge is 0.490 e. The molecule has 0 bridgehead atoms. The van der Waals surface area contributed by atoms with Crippen LogP contribution in [0.15, 0.2) is 45.3 Å². The predicted molar refractivity (Wildman–Crippen MR) is 85.5 cm³/mol. The lowest BCUT2D eigenvalue weighted by molar-refractivity contribution is 0.103. The van der Waals surface area contributed by atoms with Crippen molar-refractivity contribution in [2.24, 2.45) is 0 Å². The minimum absolute atomic E-state index is 0.0225. The third-order valence-corrected chi connectivity index (χ3v) is 4.20. The van der Waals surface area contributed by atoms with Gasteiger partial charge in [0.25, 0.3) is 0 Å². The molecular formula is C16H12Br2O2. The summed E-state index contributed by atoms with van der Waals surface area (Å²) in [4.78, 5) is 12.5. The molecule has 0 saturated heterocycles. The molecule has 0 amide bonds. The average molecular weight is 396 g/mol. The van der Waals surface area contributed by atoms with Gasteiger partial charge >= 0.3 is 0 Å². The number of hydrogen-bond donors (Lipinski definition) is 0. The van der Waals surface area contributed by atoms with Gasteiger partial charge in [0.1, 0.15) is 11.9 Å². The Morgan fingerprint density at radius 3 is 2.50 bits per heavy atom. The summed E-state index contributed by atoms with van der Waals surface area (Å²) < 4.78 is 7.42. The van der Waals surface area contributed by atoms with Crippen molar-refractivity contribution in [2.45, 2.75) is 19.4 Å². The van der Waals surface area contributed by atoms with Crippen LogP contribution in [0.2, 0.25) is 0 Å². The molecule has 1 aliphatic rings. The summed E-state index contributed by atoms with van der Waals surface area (Å²) in [7, 11) is 0. The molecule has 4 heteroatoms. The number of benzene rings is 2. The summed E-state index contributed by atoms with van der Waals surface area (Å²) in [6, 6.07) is 11.2. The molecule has 1 heterocycles. The first-order valence-electron chi connectivity index (χ1n) is 6.33. The van der Waals surface area contributed by atoms with E-state index in [9.17, 15) is 4.79 Å². The molecule has 1 unspecified atom stereocenters. The summed E-state index contributed by atoms with van der Waals surface area (Å²) in [6.07, 6.45) is 1.05. The van der Waals surface area contributed by atoms with Crippen molar-refractivity contribution in [3.63, 3.8) is 0 Å². The Kier molecular flexibility index (Phi) is 3.69. The zero-order valence-corrected chi connectivity index (χ0v) is 14.0. The van der Waals surface area contributed by atoms with Crippen LogP contribution in [0.1, 0.15) is 28.4 Å². The smallest absolute Gasteiger partial charge is 0.193 e.